The van der Waals surface area contributed by atoms with E-state index >= 15 is 0 Å². The number of benzene rings is 1. The van der Waals surface area contributed by atoms with E-state index in [9.17, 15) is 13.2 Å². The van der Waals surface area contributed by atoms with Gasteiger partial charge in [0, 0.05) is 3.57 Å². The van der Waals surface area contributed by atoms with E-state index in [1.165, 1.54) is 12.1 Å². The van der Waals surface area contributed by atoms with Crippen LogP contribution in [-0.4, -0.2) is 6.36 Å². The third-order valence-electron chi connectivity index (χ3n) is 1.32. The van der Waals surface area contributed by atoms with E-state index < -0.39 is 12.1 Å². The van der Waals surface area contributed by atoms with Crippen molar-refractivity contribution in [2.24, 2.45) is 0 Å². The summed E-state index contributed by atoms with van der Waals surface area (Å²) in [6, 6.07) is 2.65. The predicted octanol–water partition coefficient (Wildman–Crippen LogP) is 3.53. The summed E-state index contributed by atoms with van der Waals surface area (Å²) in [6.07, 6.45) is -4.72. The van der Waals surface area contributed by atoms with Crippen LogP contribution in [0.5, 0.6) is 5.75 Å². The van der Waals surface area contributed by atoms with Crippen LogP contribution in [0.1, 0.15) is 0 Å². The Balaban J connectivity index is 3.06. The molecule has 0 aliphatic heterocycles. The molecule has 0 radical (unpaired) electrons. The van der Waals surface area contributed by atoms with E-state index in [2.05, 4.69) is 20.7 Å². The Kier molecular flexibility index (Phi) is 3.51. The Morgan fingerprint density at radius 1 is 1.36 bits per heavy atom. The molecule has 0 heterocycles. The maximum atomic E-state index is 11.9. The standard InChI is InChI=1S/C7H4BrF3INO/c8-5-3(12)1-2-4(6(5)13)14-7(9,10)11/h1-2H,13H2. The van der Waals surface area contributed by atoms with Gasteiger partial charge >= 0.3 is 6.36 Å². The van der Waals surface area contributed by atoms with Crippen molar-refractivity contribution in [2.75, 3.05) is 5.73 Å². The molecule has 0 atom stereocenters. The Bertz CT molecular complexity index is 356. The molecule has 0 unspecified atom stereocenters. The van der Waals surface area contributed by atoms with E-state index in [4.69, 9.17) is 5.73 Å². The van der Waals surface area contributed by atoms with Crippen molar-refractivity contribution in [3.8, 4) is 5.75 Å². The van der Waals surface area contributed by atoms with Gasteiger partial charge in [0.25, 0.3) is 0 Å². The van der Waals surface area contributed by atoms with E-state index in [1.807, 2.05) is 22.6 Å². The summed E-state index contributed by atoms with van der Waals surface area (Å²) in [6.45, 7) is 0. The summed E-state index contributed by atoms with van der Waals surface area (Å²) in [5.74, 6) is -0.398. The van der Waals surface area contributed by atoms with Gasteiger partial charge in [-0.3, -0.25) is 0 Å². The second kappa shape index (κ2) is 4.13. The molecule has 0 spiro atoms. The van der Waals surface area contributed by atoms with Gasteiger partial charge in [-0.25, -0.2) is 0 Å². The fraction of sp³-hybridized carbons (Fsp3) is 0.143. The summed E-state index contributed by atoms with van der Waals surface area (Å²) in [5, 5.41) is 0. The van der Waals surface area contributed by atoms with Crippen LogP contribution in [-0.2, 0) is 0 Å². The molecular weight excluding hydrogens is 378 g/mol. The highest BCUT2D eigenvalue weighted by molar-refractivity contribution is 14.1. The zero-order valence-electron chi connectivity index (χ0n) is 6.53. The predicted molar refractivity (Wildman–Crippen MR) is 58.0 cm³/mol. The van der Waals surface area contributed by atoms with Crippen molar-refractivity contribution < 1.29 is 17.9 Å². The lowest BCUT2D eigenvalue weighted by atomic mass is 10.3. The molecule has 14 heavy (non-hydrogen) atoms. The van der Waals surface area contributed by atoms with Gasteiger partial charge < -0.3 is 10.5 Å². The maximum Gasteiger partial charge on any atom is 0.573 e. The lowest BCUT2D eigenvalue weighted by Crippen LogP contribution is -2.18. The zero-order valence-corrected chi connectivity index (χ0v) is 10.3. The molecule has 0 fully saturated rings. The molecule has 0 aliphatic carbocycles. The molecule has 0 amide bonds. The third-order valence-corrected chi connectivity index (χ3v) is 3.81. The number of rotatable bonds is 1. The molecule has 1 rings (SSSR count). The van der Waals surface area contributed by atoms with Crippen molar-refractivity contribution >= 4 is 44.2 Å². The van der Waals surface area contributed by atoms with Crippen LogP contribution in [0.2, 0.25) is 0 Å². The van der Waals surface area contributed by atoms with E-state index in [1.54, 1.807) is 0 Å². The van der Waals surface area contributed by atoms with Crippen molar-refractivity contribution in [3.05, 3.63) is 20.2 Å². The first-order valence-corrected chi connectivity index (χ1v) is 5.17. The second-order valence-corrected chi connectivity index (χ2v) is 4.28. The summed E-state index contributed by atoms with van der Waals surface area (Å²) in [5.41, 5.74) is 5.35. The average molecular weight is 382 g/mol. The number of ether oxygens (including phenoxy) is 1. The fourth-order valence-corrected chi connectivity index (χ4v) is 1.56. The highest BCUT2D eigenvalue weighted by Gasteiger charge is 2.32. The zero-order chi connectivity index (χ0) is 10.9. The first-order valence-electron chi connectivity index (χ1n) is 3.30. The van der Waals surface area contributed by atoms with Crippen LogP contribution in [0.15, 0.2) is 16.6 Å². The topological polar surface area (TPSA) is 35.2 Å². The van der Waals surface area contributed by atoms with Crippen LogP contribution in [0.25, 0.3) is 0 Å². The molecule has 0 bridgehead atoms. The molecule has 7 heteroatoms. The van der Waals surface area contributed by atoms with Crippen molar-refractivity contribution in [1.82, 2.24) is 0 Å². The lowest BCUT2D eigenvalue weighted by molar-refractivity contribution is -0.274. The van der Waals surface area contributed by atoms with Gasteiger partial charge in [-0.1, -0.05) is 0 Å². The lowest BCUT2D eigenvalue weighted by Gasteiger charge is -2.12. The van der Waals surface area contributed by atoms with Gasteiger partial charge in [0.2, 0.25) is 0 Å². The number of nitrogen functional groups attached to an aromatic ring is 1. The van der Waals surface area contributed by atoms with Crippen molar-refractivity contribution in [1.29, 1.82) is 0 Å². The smallest absolute Gasteiger partial charge is 0.404 e. The fourth-order valence-electron chi connectivity index (χ4n) is 0.762. The highest BCUT2D eigenvalue weighted by atomic mass is 127. The van der Waals surface area contributed by atoms with Crippen LogP contribution >= 0.6 is 38.5 Å². The number of anilines is 1. The van der Waals surface area contributed by atoms with Gasteiger partial charge in [-0.05, 0) is 50.7 Å². The largest absolute Gasteiger partial charge is 0.573 e. The van der Waals surface area contributed by atoms with Crippen LogP contribution in [0.4, 0.5) is 18.9 Å². The van der Waals surface area contributed by atoms with Crippen LogP contribution in [0.3, 0.4) is 0 Å². The SMILES string of the molecule is Nc1c(OC(F)(F)F)ccc(I)c1Br. The van der Waals surface area contributed by atoms with E-state index in [0.717, 1.165) is 3.57 Å². The minimum Gasteiger partial charge on any atom is -0.404 e. The van der Waals surface area contributed by atoms with E-state index in [-0.39, 0.29) is 5.69 Å². The summed E-state index contributed by atoms with van der Waals surface area (Å²) in [4.78, 5) is 0. The number of alkyl halides is 3. The monoisotopic (exact) mass is 381 g/mol. The summed E-state index contributed by atoms with van der Waals surface area (Å²) in [7, 11) is 0. The minimum absolute atomic E-state index is 0.0609. The molecule has 0 aliphatic rings. The van der Waals surface area contributed by atoms with Crippen molar-refractivity contribution in [2.45, 2.75) is 6.36 Å². The van der Waals surface area contributed by atoms with Gasteiger partial charge in [-0.15, -0.1) is 13.2 Å². The van der Waals surface area contributed by atoms with Gasteiger partial charge in [0.05, 0.1) is 10.2 Å². The molecule has 1 aromatic carbocycles. The van der Waals surface area contributed by atoms with Gasteiger partial charge in [0.15, 0.2) is 5.75 Å². The Morgan fingerprint density at radius 3 is 2.43 bits per heavy atom. The Labute approximate surface area is 99.9 Å². The first-order chi connectivity index (χ1) is 6.31. The minimum atomic E-state index is -4.72. The molecule has 78 valence electrons. The number of hydrogen-bond donors (Lipinski definition) is 1. The quantitative estimate of drug-likeness (QED) is 0.596. The molecule has 2 N–H and O–H groups in total. The van der Waals surface area contributed by atoms with Crippen molar-refractivity contribution in [3.63, 3.8) is 0 Å². The molecule has 2 nitrogen and oxygen atoms in total. The molecular formula is C7H4BrF3INO. The summed E-state index contributed by atoms with van der Waals surface area (Å²) < 4.78 is 40.4. The summed E-state index contributed by atoms with van der Waals surface area (Å²) >= 11 is 5.00. The highest BCUT2D eigenvalue weighted by Crippen LogP contribution is 2.36. The van der Waals surface area contributed by atoms with Crippen LogP contribution < -0.4 is 10.5 Å². The van der Waals surface area contributed by atoms with E-state index in [0.29, 0.717) is 4.47 Å². The third kappa shape index (κ3) is 2.91. The number of hydrogen-bond acceptors (Lipinski definition) is 2. The van der Waals surface area contributed by atoms with Gasteiger partial charge in [0.1, 0.15) is 0 Å². The Morgan fingerprint density at radius 2 is 1.93 bits per heavy atom. The number of nitrogens with two attached hydrogens (primary N) is 1. The second-order valence-electron chi connectivity index (χ2n) is 2.32. The number of halogens is 5. The maximum absolute atomic E-state index is 11.9. The van der Waals surface area contributed by atoms with Gasteiger partial charge in [-0.2, -0.15) is 0 Å². The first kappa shape index (κ1) is 11.9. The molecule has 0 saturated heterocycles. The van der Waals surface area contributed by atoms with Crippen LogP contribution in [0, 0.1) is 3.57 Å². The normalized spacial score (nSPS) is 11.5. The average Bonchev–Trinajstić information content (AvgIpc) is 2.04. The Hall–Kier alpha value is -0.180. The molecule has 1 aromatic rings. The molecule has 0 aromatic heterocycles. The molecule has 0 saturated carbocycles.